The van der Waals surface area contributed by atoms with Crippen molar-refractivity contribution < 1.29 is 13.6 Å². The van der Waals surface area contributed by atoms with E-state index in [0.29, 0.717) is 11.5 Å². The van der Waals surface area contributed by atoms with Gasteiger partial charge >= 0.3 is 0 Å². The van der Waals surface area contributed by atoms with Crippen molar-refractivity contribution in [3.8, 4) is 17.4 Å². The Morgan fingerprint density at radius 3 is 2.48 bits per heavy atom. The minimum Gasteiger partial charge on any atom is -0.457 e. The maximum atomic E-state index is 12.9. The highest BCUT2D eigenvalue weighted by Crippen LogP contribution is 2.24. The Kier molecular flexibility index (Phi) is 4.34. The van der Waals surface area contributed by atoms with Crippen LogP contribution in [0.1, 0.15) is 19.6 Å². The summed E-state index contributed by atoms with van der Waals surface area (Å²) in [5.74, 6) is 0.176. The number of hydrogen-bond acceptors (Lipinski definition) is 3. The Labute approximate surface area is 122 Å². The van der Waals surface area contributed by atoms with E-state index in [-0.39, 0.29) is 23.1 Å². The number of rotatable bonds is 4. The van der Waals surface area contributed by atoms with Crippen LogP contribution in [-0.2, 0) is 4.79 Å². The molecule has 0 spiro atoms. The van der Waals surface area contributed by atoms with E-state index in [9.17, 15) is 9.18 Å². The molecule has 0 aliphatic rings. The highest BCUT2D eigenvalue weighted by Gasteiger charge is 2.14. The second kappa shape index (κ2) is 6.19. The van der Waals surface area contributed by atoms with E-state index in [1.807, 2.05) is 6.07 Å². The number of furan rings is 1. The van der Waals surface area contributed by atoms with Gasteiger partial charge in [-0.25, -0.2) is 4.39 Å². The van der Waals surface area contributed by atoms with Crippen LogP contribution in [0.3, 0.4) is 0 Å². The largest absolute Gasteiger partial charge is 0.457 e. The van der Waals surface area contributed by atoms with Gasteiger partial charge < -0.3 is 4.42 Å². The first-order chi connectivity index (χ1) is 10.0. The molecule has 2 rings (SSSR count). The van der Waals surface area contributed by atoms with E-state index in [1.54, 1.807) is 38.1 Å². The molecule has 2 aromatic rings. The minimum atomic E-state index is -0.320. The van der Waals surface area contributed by atoms with Crippen molar-refractivity contribution in [3.63, 3.8) is 0 Å². The molecule has 1 aromatic carbocycles. The molecule has 0 unspecified atom stereocenters. The van der Waals surface area contributed by atoms with E-state index in [2.05, 4.69) is 0 Å². The third kappa shape index (κ3) is 3.46. The Morgan fingerprint density at radius 1 is 1.24 bits per heavy atom. The molecule has 1 aromatic heterocycles. The quantitative estimate of drug-likeness (QED) is 0.623. The van der Waals surface area contributed by atoms with Gasteiger partial charge in [0.05, 0.1) is 5.57 Å². The monoisotopic (exact) mass is 283 g/mol. The normalized spacial score (nSPS) is 11.5. The smallest absolute Gasteiger partial charge is 0.176 e. The number of nitriles is 1. The van der Waals surface area contributed by atoms with Crippen molar-refractivity contribution >= 4 is 11.9 Å². The van der Waals surface area contributed by atoms with Crippen LogP contribution in [0.4, 0.5) is 4.39 Å². The number of carbonyl (C=O) groups excluding carboxylic acids is 1. The van der Waals surface area contributed by atoms with Crippen molar-refractivity contribution in [3.05, 3.63) is 53.5 Å². The number of nitrogens with zero attached hydrogens (tertiary/aromatic N) is 1. The summed E-state index contributed by atoms with van der Waals surface area (Å²) in [4.78, 5) is 11.8. The van der Waals surface area contributed by atoms with Gasteiger partial charge in [0.2, 0.25) is 0 Å². The molecule has 0 saturated carbocycles. The average Bonchev–Trinajstić information content (AvgIpc) is 2.93. The molecule has 0 amide bonds. The van der Waals surface area contributed by atoms with Crippen LogP contribution in [0.25, 0.3) is 17.4 Å². The number of benzene rings is 1. The summed E-state index contributed by atoms with van der Waals surface area (Å²) in [7, 11) is 0. The number of allylic oxidation sites excluding steroid dienone is 1. The lowest BCUT2D eigenvalue weighted by Gasteiger charge is -2.00. The fourth-order valence-corrected chi connectivity index (χ4v) is 1.81. The lowest BCUT2D eigenvalue weighted by atomic mass is 10.0. The molecule has 0 saturated heterocycles. The third-order valence-electron chi connectivity index (χ3n) is 2.95. The summed E-state index contributed by atoms with van der Waals surface area (Å²) >= 11 is 0. The van der Waals surface area contributed by atoms with E-state index in [4.69, 9.17) is 9.68 Å². The molecule has 21 heavy (non-hydrogen) atoms. The topological polar surface area (TPSA) is 54.0 Å². The Morgan fingerprint density at radius 2 is 1.90 bits per heavy atom. The van der Waals surface area contributed by atoms with Crippen LogP contribution in [0, 0.1) is 23.1 Å². The fourth-order valence-electron chi connectivity index (χ4n) is 1.81. The van der Waals surface area contributed by atoms with E-state index < -0.39 is 0 Å². The van der Waals surface area contributed by atoms with Crippen LogP contribution >= 0.6 is 0 Å². The average molecular weight is 283 g/mol. The summed E-state index contributed by atoms with van der Waals surface area (Å²) in [5.41, 5.74) is 0.787. The summed E-state index contributed by atoms with van der Waals surface area (Å²) < 4.78 is 18.4. The number of hydrogen-bond donors (Lipinski definition) is 0. The van der Waals surface area contributed by atoms with Gasteiger partial charge in [0.1, 0.15) is 23.4 Å². The van der Waals surface area contributed by atoms with Crippen molar-refractivity contribution in [2.75, 3.05) is 0 Å². The van der Waals surface area contributed by atoms with Crippen LogP contribution in [-0.4, -0.2) is 5.78 Å². The van der Waals surface area contributed by atoms with Gasteiger partial charge in [-0.3, -0.25) is 4.79 Å². The molecule has 106 valence electrons. The van der Waals surface area contributed by atoms with Gasteiger partial charge in [0, 0.05) is 17.6 Å². The summed E-state index contributed by atoms with van der Waals surface area (Å²) in [6.07, 6.45) is 1.43. The Balaban J connectivity index is 2.29. The number of ketones is 1. The first-order valence-electron chi connectivity index (χ1n) is 6.53. The Hall–Kier alpha value is -2.67. The van der Waals surface area contributed by atoms with E-state index >= 15 is 0 Å². The molecule has 0 aliphatic carbocycles. The standard InChI is InChI=1S/C17H14FNO2/c1-11(2)17(20)13(10-19)9-15-7-8-16(21-15)12-3-5-14(18)6-4-12/h3-9,11H,1-2H3/b13-9-. The van der Waals surface area contributed by atoms with Gasteiger partial charge in [-0.1, -0.05) is 13.8 Å². The van der Waals surface area contributed by atoms with Crippen LogP contribution < -0.4 is 0 Å². The van der Waals surface area contributed by atoms with Gasteiger partial charge in [0.15, 0.2) is 5.78 Å². The zero-order valence-corrected chi connectivity index (χ0v) is 11.8. The highest BCUT2D eigenvalue weighted by atomic mass is 19.1. The number of carbonyl (C=O) groups is 1. The summed E-state index contributed by atoms with van der Waals surface area (Å²) in [6, 6.07) is 11.2. The van der Waals surface area contributed by atoms with Gasteiger partial charge in [-0.05, 0) is 36.4 Å². The molecular weight excluding hydrogens is 269 g/mol. The van der Waals surface area contributed by atoms with E-state index in [0.717, 1.165) is 5.56 Å². The zero-order chi connectivity index (χ0) is 15.4. The molecule has 0 bridgehead atoms. The number of Topliss-reactive ketones (excluding diaryl/α,β-unsaturated/α-hetero) is 1. The second-order valence-electron chi connectivity index (χ2n) is 4.90. The molecule has 0 radical (unpaired) electrons. The zero-order valence-electron chi connectivity index (χ0n) is 11.8. The van der Waals surface area contributed by atoms with Crippen molar-refractivity contribution in [2.24, 2.45) is 5.92 Å². The van der Waals surface area contributed by atoms with E-state index in [1.165, 1.54) is 18.2 Å². The SMILES string of the molecule is CC(C)C(=O)/C(C#N)=C\c1ccc(-c2ccc(F)cc2)o1. The minimum absolute atomic E-state index is 0.0602. The molecule has 3 nitrogen and oxygen atoms in total. The van der Waals surface area contributed by atoms with Gasteiger partial charge in [-0.2, -0.15) is 5.26 Å². The van der Waals surface area contributed by atoms with Gasteiger partial charge in [-0.15, -0.1) is 0 Å². The second-order valence-corrected chi connectivity index (χ2v) is 4.90. The van der Waals surface area contributed by atoms with Crippen molar-refractivity contribution in [2.45, 2.75) is 13.8 Å². The lowest BCUT2D eigenvalue weighted by molar-refractivity contribution is -0.117. The summed E-state index contributed by atoms with van der Waals surface area (Å²) in [5, 5.41) is 9.04. The molecule has 1 heterocycles. The lowest BCUT2D eigenvalue weighted by Crippen LogP contribution is -2.08. The molecule has 4 heteroatoms. The van der Waals surface area contributed by atoms with Crippen LogP contribution in [0.15, 0.2) is 46.4 Å². The highest BCUT2D eigenvalue weighted by molar-refractivity contribution is 6.04. The molecule has 0 atom stereocenters. The maximum Gasteiger partial charge on any atom is 0.176 e. The first-order valence-corrected chi connectivity index (χ1v) is 6.53. The molecule has 0 fully saturated rings. The van der Waals surface area contributed by atoms with Gasteiger partial charge in [0.25, 0.3) is 0 Å². The maximum absolute atomic E-state index is 12.9. The van der Waals surface area contributed by atoms with Crippen molar-refractivity contribution in [1.29, 1.82) is 5.26 Å². The molecule has 0 aliphatic heterocycles. The predicted molar refractivity (Wildman–Crippen MR) is 77.5 cm³/mol. The fraction of sp³-hybridized carbons (Fsp3) is 0.176. The van der Waals surface area contributed by atoms with Crippen molar-refractivity contribution in [1.82, 2.24) is 0 Å². The summed E-state index contributed by atoms with van der Waals surface area (Å²) in [6.45, 7) is 3.47. The molecule has 0 N–H and O–H groups in total. The number of halogens is 1. The molecular formula is C17H14FNO2. The first kappa shape index (κ1) is 14.7. The Bertz CT molecular complexity index is 718. The van der Waals surface area contributed by atoms with Crippen LogP contribution in [0.5, 0.6) is 0 Å². The third-order valence-corrected chi connectivity index (χ3v) is 2.95. The predicted octanol–water partition coefficient (Wildman–Crippen LogP) is 4.22. The van der Waals surface area contributed by atoms with Crippen LogP contribution in [0.2, 0.25) is 0 Å².